The van der Waals surface area contributed by atoms with Crippen molar-refractivity contribution in [3.63, 3.8) is 0 Å². The van der Waals surface area contributed by atoms with Crippen LogP contribution in [0.4, 0.5) is 0 Å². The Morgan fingerprint density at radius 2 is 0.806 bits per heavy atom. The van der Waals surface area contributed by atoms with Crippen LogP contribution in [0.25, 0.3) is 32.7 Å². The van der Waals surface area contributed by atoms with Crippen LogP contribution in [-0.4, -0.2) is 97.0 Å². The summed E-state index contributed by atoms with van der Waals surface area (Å²) in [6, 6.07) is 34.0. The van der Waals surface area contributed by atoms with Crippen molar-refractivity contribution in [3.8, 4) is 17.8 Å². The van der Waals surface area contributed by atoms with Gasteiger partial charge in [0.25, 0.3) is 0 Å². The van der Waals surface area contributed by atoms with Gasteiger partial charge in [0.2, 0.25) is 11.8 Å². The molecule has 0 spiro atoms. The zero-order valence-electron chi connectivity index (χ0n) is 41.0. The number of nitrogens with zero attached hydrogens (tertiary/aromatic N) is 8. The second-order valence-corrected chi connectivity index (χ2v) is 21.4. The minimum Gasteiger partial charge on any atom is -0.467 e. The standard InChI is InChI=1S/C61H64N8O3/c1-4-38-35-67-28-22-41(38)31-53(67)58(47-19-25-62-50-16-10-7-13-44(47)50)70-56-34-57(71-59(48-20-26-63-51-17-11-8-14-45(48)51)54-32-42-23-29-68(54)36-39(42)5-2)66-61(65-56)72-60(49-21-27-64-52-18-12-9-15-46(49)52)55-33-43-24-30-69(55)37-40(43)6-3/h4-21,25-27,34,38-43,53-55,58-60H,1-3,22-24,28-33,35-37H2/t38-,39+,40-,41?,42?,43?,53?,54?,55?,58?,59-,60?/m1/s1. The fraction of sp³-hybridized carbons (Fsp3) is 0.393. The first kappa shape index (κ1) is 45.3. The average molecular weight is 957 g/mol. The van der Waals surface area contributed by atoms with Gasteiger partial charge in [0.1, 0.15) is 18.3 Å². The second kappa shape index (κ2) is 19.1. The molecule has 9 saturated heterocycles. The maximum Gasteiger partial charge on any atom is 0.323 e. The summed E-state index contributed by atoms with van der Waals surface area (Å²) < 4.78 is 22.6. The van der Waals surface area contributed by atoms with E-state index in [1.807, 2.05) is 30.7 Å². The minimum atomic E-state index is -0.415. The fourth-order valence-electron chi connectivity index (χ4n) is 14.2. The summed E-state index contributed by atoms with van der Waals surface area (Å²) >= 11 is 0. The molecule has 0 amide bonds. The van der Waals surface area contributed by atoms with E-state index >= 15 is 0 Å². The predicted octanol–water partition coefficient (Wildman–Crippen LogP) is 11.2. The van der Waals surface area contributed by atoms with E-state index < -0.39 is 6.10 Å². The molecule has 9 fully saturated rings. The number of hydrogen-bond donors (Lipinski definition) is 0. The van der Waals surface area contributed by atoms with E-state index in [9.17, 15) is 0 Å². The van der Waals surface area contributed by atoms with E-state index in [0.717, 1.165) is 127 Å². The van der Waals surface area contributed by atoms with Gasteiger partial charge in [0.15, 0.2) is 0 Å². The van der Waals surface area contributed by atoms with Crippen molar-refractivity contribution >= 4 is 32.7 Å². The van der Waals surface area contributed by atoms with Crippen molar-refractivity contribution < 1.29 is 14.2 Å². The second-order valence-electron chi connectivity index (χ2n) is 21.4. The normalized spacial score (nSPS) is 30.7. The minimum absolute atomic E-state index is 0.0713. The zero-order chi connectivity index (χ0) is 48.3. The number of para-hydroxylation sites is 3. The lowest BCUT2D eigenvalue weighted by Gasteiger charge is -2.51. The van der Waals surface area contributed by atoms with Crippen LogP contribution in [0.2, 0.25) is 0 Å². The van der Waals surface area contributed by atoms with Gasteiger partial charge in [-0.2, -0.15) is 9.97 Å². The third-order valence-electron chi connectivity index (χ3n) is 17.9. The van der Waals surface area contributed by atoms with Gasteiger partial charge in [0, 0.05) is 71.1 Å². The first-order chi connectivity index (χ1) is 35.5. The highest BCUT2D eigenvalue weighted by Crippen LogP contribution is 2.48. The van der Waals surface area contributed by atoms with Crippen molar-refractivity contribution in [1.29, 1.82) is 0 Å². The Balaban J connectivity index is 0.961. The first-order valence-electron chi connectivity index (χ1n) is 26.5. The van der Waals surface area contributed by atoms with Crippen molar-refractivity contribution in [2.45, 2.75) is 75.0 Å². The molecule has 6 bridgehead atoms. The lowest BCUT2D eigenvalue weighted by Crippen LogP contribution is -2.56. The molecule has 9 aliphatic rings. The fourth-order valence-corrected chi connectivity index (χ4v) is 14.2. The summed E-state index contributed by atoms with van der Waals surface area (Å²) in [6.07, 6.45) is 17.4. The van der Waals surface area contributed by atoms with E-state index in [1.165, 1.54) is 0 Å². The lowest BCUT2D eigenvalue weighted by atomic mass is 9.73. The predicted molar refractivity (Wildman–Crippen MR) is 283 cm³/mol. The van der Waals surface area contributed by atoms with Gasteiger partial charge in [-0.05, 0) is 130 Å². The van der Waals surface area contributed by atoms with Gasteiger partial charge in [-0.1, -0.05) is 72.8 Å². The molecule has 13 heterocycles. The molecule has 3 aromatic carbocycles. The summed E-state index contributed by atoms with van der Waals surface area (Å²) in [7, 11) is 0. The number of aromatic nitrogens is 5. The smallest absolute Gasteiger partial charge is 0.323 e. The number of benzene rings is 3. The zero-order valence-corrected chi connectivity index (χ0v) is 41.0. The van der Waals surface area contributed by atoms with Crippen LogP contribution in [-0.2, 0) is 0 Å². The molecule has 4 aromatic heterocycles. The SMILES string of the molecule is C=C[C@@H]1CN2CCC1CC2C(Oc1cc(O[C@H](c2ccnc3ccccc23)C2CC3CCN2C[C@@H]3C=C)nc(OC(c2ccnc3ccccc23)C2CC3CCN2C[C@H]3C=C)n1)c1ccnc2ccccc12. The Bertz CT molecular complexity index is 2810. The highest BCUT2D eigenvalue weighted by molar-refractivity contribution is 5.84. The van der Waals surface area contributed by atoms with Crippen LogP contribution in [0.15, 0.2) is 154 Å². The summed E-state index contributed by atoms with van der Waals surface area (Å²) in [5.41, 5.74) is 6.04. The number of fused-ring (bicyclic) bond motifs is 12. The topological polar surface area (TPSA) is 102 Å². The number of piperidine rings is 9. The van der Waals surface area contributed by atoms with Crippen LogP contribution in [0.3, 0.4) is 0 Å². The molecular formula is C61H64N8O3. The summed E-state index contributed by atoms with van der Waals surface area (Å²) in [4.78, 5) is 32.9. The van der Waals surface area contributed by atoms with Crippen molar-refractivity contribution in [1.82, 2.24) is 39.6 Å². The Hall–Kier alpha value is -6.53. The number of pyridine rings is 3. The van der Waals surface area contributed by atoms with E-state index in [-0.39, 0.29) is 36.3 Å². The number of rotatable bonds is 15. The van der Waals surface area contributed by atoms with Crippen LogP contribution in [0.5, 0.6) is 17.8 Å². The number of ether oxygens (including phenoxy) is 3. The van der Waals surface area contributed by atoms with Crippen LogP contribution >= 0.6 is 0 Å². The van der Waals surface area contributed by atoms with Gasteiger partial charge in [-0.25, -0.2) is 0 Å². The van der Waals surface area contributed by atoms with Gasteiger partial charge < -0.3 is 14.2 Å². The third-order valence-corrected chi connectivity index (χ3v) is 17.9. The van der Waals surface area contributed by atoms with Crippen LogP contribution in [0.1, 0.15) is 73.5 Å². The Morgan fingerprint density at radius 1 is 0.458 bits per heavy atom. The monoisotopic (exact) mass is 957 g/mol. The largest absolute Gasteiger partial charge is 0.467 e. The molecule has 11 heteroatoms. The van der Waals surface area contributed by atoms with Crippen molar-refractivity contribution in [2.75, 3.05) is 39.3 Å². The number of hydrogen-bond acceptors (Lipinski definition) is 11. The van der Waals surface area contributed by atoms with Gasteiger partial charge in [-0.3, -0.25) is 29.7 Å². The lowest BCUT2D eigenvalue weighted by molar-refractivity contribution is -0.0436. The van der Waals surface area contributed by atoms with E-state index in [0.29, 0.717) is 47.3 Å². The Kier molecular flexibility index (Phi) is 12.1. The van der Waals surface area contributed by atoms with Gasteiger partial charge >= 0.3 is 6.01 Å². The molecule has 9 aliphatic heterocycles. The molecule has 0 N–H and O–H groups in total. The molecule has 16 rings (SSSR count). The molecular weight excluding hydrogens is 893 g/mol. The average Bonchev–Trinajstić information content (AvgIpc) is 3.45. The van der Waals surface area contributed by atoms with E-state index in [2.05, 4.69) is 138 Å². The third kappa shape index (κ3) is 8.23. The van der Waals surface area contributed by atoms with Crippen LogP contribution < -0.4 is 14.2 Å². The summed E-state index contributed by atoms with van der Waals surface area (Å²) in [6.45, 7) is 18.6. The maximum atomic E-state index is 7.54. The molecule has 366 valence electrons. The molecule has 0 saturated carbocycles. The van der Waals surface area contributed by atoms with E-state index in [4.69, 9.17) is 39.1 Å². The Morgan fingerprint density at radius 3 is 1.14 bits per heavy atom. The highest BCUT2D eigenvalue weighted by Gasteiger charge is 2.47. The maximum absolute atomic E-state index is 7.54. The van der Waals surface area contributed by atoms with Crippen LogP contribution in [0, 0.1) is 35.5 Å². The van der Waals surface area contributed by atoms with E-state index in [1.54, 1.807) is 0 Å². The molecule has 72 heavy (non-hydrogen) atoms. The summed E-state index contributed by atoms with van der Waals surface area (Å²) in [5.74, 6) is 3.73. The Labute approximate surface area is 422 Å². The molecule has 15 atom stereocenters. The molecule has 11 unspecified atom stereocenters. The van der Waals surface area contributed by atoms with Crippen molar-refractivity contribution in [3.05, 3.63) is 170 Å². The van der Waals surface area contributed by atoms with Gasteiger partial charge in [0.05, 0.1) is 40.7 Å². The summed E-state index contributed by atoms with van der Waals surface area (Å²) in [5, 5.41) is 3.20. The van der Waals surface area contributed by atoms with Crippen molar-refractivity contribution in [2.24, 2.45) is 35.5 Å². The molecule has 7 aromatic rings. The molecule has 0 radical (unpaired) electrons. The molecule has 11 nitrogen and oxygen atoms in total. The first-order valence-corrected chi connectivity index (χ1v) is 26.5. The molecule has 0 aliphatic carbocycles. The quantitative estimate of drug-likeness (QED) is 0.0918. The van der Waals surface area contributed by atoms with Gasteiger partial charge in [-0.15, -0.1) is 19.7 Å². The highest BCUT2D eigenvalue weighted by atomic mass is 16.5.